The Morgan fingerprint density at radius 1 is 0.967 bits per heavy atom. The van der Waals surface area contributed by atoms with Gasteiger partial charge < -0.3 is 9.57 Å². The van der Waals surface area contributed by atoms with Crippen molar-refractivity contribution in [3.8, 4) is 22.7 Å². The molecule has 6 heteroatoms. The topological polar surface area (TPSA) is 48.6 Å². The molecular formula is C24H20ClN3O2. The van der Waals surface area contributed by atoms with Crippen LogP contribution in [0, 0.1) is 0 Å². The summed E-state index contributed by atoms with van der Waals surface area (Å²) in [5, 5.41) is 9.56. The minimum absolute atomic E-state index is 0.293. The minimum Gasteiger partial charge on any atom is -0.497 e. The maximum Gasteiger partial charge on any atom is 0.143 e. The van der Waals surface area contributed by atoms with Crippen LogP contribution in [0.4, 0.5) is 0 Å². The highest BCUT2D eigenvalue weighted by molar-refractivity contribution is 6.31. The second-order valence-electron chi connectivity index (χ2n) is 6.54. The Balaban J connectivity index is 1.61. The van der Waals surface area contributed by atoms with Gasteiger partial charge in [-0.25, -0.2) is 4.68 Å². The van der Waals surface area contributed by atoms with Crippen LogP contribution in [0.1, 0.15) is 11.1 Å². The van der Waals surface area contributed by atoms with Crippen molar-refractivity contribution < 1.29 is 9.57 Å². The van der Waals surface area contributed by atoms with Gasteiger partial charge in [-0.3, -0.25) is 0 Å². The van der Waals surface area contributed by atoms with E-state index < -0.39 is 0 Å². The molecule has 0 bridgehead atoms. The second-order valence-corrected chi connectivity index (χ2v) is 6.95. The first-order valence-electron chi connectivity index (χ1n) is 9.43. The fourth-order valence-corrected chi connectivity index (χ4v) is 3.17. The average molecular weight is 418 g/mol. The van der Waals surface area contributed by atoms with Crippen LogP contribution in [-0.4, -0.2) is 23.1 Å². The predicted molar refractivity (Wildman–Crippen MR) is 119 cm³/mol. The van der Waals surface area contributed by atoms with Crippen molar-refractivity contribution >= 4 is 17.8 Å². The molecule has 4 rings (SSSR count). The van der Waals surface area contributed by atoms with Crippen LogP contribution in [0.25, 0.3) is 16.9 Å². The van der Waals surface area contributed by atoms with E-state index in [2.05, 4.69) is 5.16 Å². The third-order valence-electron chi connectivity index (χ3n) is 4.57. The molecule has 0 unspecified atom stereocenters. The molecule has 0 N–H and O–H groups in total. The first-order valence-corrected chi connectivity index (χ1v) is 9.80. The lowest BCUT2D eigenvalue weighted by atomic mass is 10.1. The van der Waals surface area contributed by atoms with Crippen LogP contribution < -0.4 is 4.74 Å². The van der Waals surface area contributed by atoms with E-state index >= 15 is 0 Å². The molecule has 150 valence electrons. The minimum atomic E-state index is 0.293. The molecular weight excluding hydrogens is 398 g/mol. The van der Waals surface area contributed by atoms with E-state index in [0.717, 1.165) is 33.8 Å². The predicted octanol–water partition coefficient (Wildman–Crippen LogP) is 5.75. The Morgan fingerprint density at radius 2 is 1.70 bits per heavy atom. The van der Waals surface area contributed by atoms with Crippen LogP contribution in [-0.2, 0) is 11.4 Å². The lowest BCUT2D eigenvalue weighted by Crippen LogP contribution is -1.94. The van der Waals surface area contributed by atoms with Gasteiger partial charge in [-0.15, -0.1) is 0 Å². The number of halogens is 1. The van der Waals surface area contributed by atoms with Crippen LogP contribution >= 0.6 is 11.6 Å². The Kier molecular flexibility index (Phi) is 6.11. The number of aromatic nitrogens is 2. The molecule has 0 aliphatic carbocycles. The fourth-order valence-electron chi connectivity index (χ4n) is 2.98. The van der Waals surface area contributed by atoms with E-state index in [1.807, 2.05) is 89.7 Å². The number of hydrogen-bond donors (Lipinski definition) is 0. The molecule has 0 aliphatic rings. The van der Waals surface area contributed by atoms with Gasteiger partial charge in [0.05, 0.1) is 19.0 Å². The molecule has 0 fully saturated rings. The quantitative estimate of drug-likeness (QED) is 0.284. The standard InChI is InChI=1S/C24H20ClN3O2/c1-29-22-13-11-18(12-14-22)24-20(16-28(27-24)21-8-3-2-4-9-21)15-26-30-17-19-7-5-6-10-23(19)25/h2-16H,17H2,1H3/b26-15+. The SMILES string of the molecule is COc1ccc(-c2nn(-c3ccccc3)cc2/C=N/OCc2ccccc2Cl)cc1. The average Bonchev–Trinajstić information content (AvgIpc) is 3.23. The van der Waals surface area contributed by atoms with E-state index in [-0.39, 0.29) is 0 Å². The van der Waals surface area contributed by atoms with Gasteiger partial charge in [0, 0.05) is 27.9 Å². The maximum atomic E-state index is 6.17. The summed E-state index contributed by atoms with van der Waals surface area (Å²) in [5.74, 6) is 0.791. The van der Waals surface area contributed by atoms with Crippen molar-refractivity contribution in [3.63, 3.8) is 0 Å². The van der Waals surface area contributed by atoms with Crippen LogP contribution in [0.3, 0.4) is 0 Å². The zero-order chi connectivity index (χ0) is 20.8. The maximum absolute atomic E-state index is 6.17. The van der Waals surface area contributed by atoms with Crippen molar-refractivity contribution in [2.45, 2.75) is 6.61 Å². The smallest absolute Gasteiger partial charge is 0.143 e. The summed E-state index contributed by atoms with van der Waals surface area (Å²) in [6.07, 6.45) is 3.60. The number of nitrogens with zero attached hydrogens (tertiary/aromatic N) is 3. The van der Waals surface area contributed by atoms with Gasteiger partial charge >= 0.3 is 0 Å². The van der Waals surface area contributed by atoms with E-state index in [9.17, 15) is 0 Å². The molecule has 0 radical (unpaired) electrons. The first kappa shape index (κ1) is 19.7. The van der Waals surface area contributed by atoms with Crippen molar-refractivity contribution in [1.82, 2.24) is 9.78 Å². The molecule has 0 aliphatic heterocycles. The van der Waals surface area contributed by atoms with E-state index in [1.54, 1.807) is 13.3 Å². The highest BCUT2D eigenvalue weighted by Gasteiger charge is 2.11. The highest BCUT2D eigenvalue weighted by Crippen LogP contribution is 2.25. The molecule has 0 saturated heterocycles. The molecule has 0 saturated carbocycles. The summed E-state index contributed by atoms with van der Waals surface area (Å²) in [7, 11) is 1.65. The van der Waals surface area contributed by atoms with Gasteiger partial charge in [-0.2, -0.15) is 5.10 Å². The Morgan fingerprint density at radius 3 is 2.43 bits per heavy atom. The molecule has 0 atom stereocenters. The molecule has 3 aromatic carbocycles. The number of ether oxygens (including phenoxy) is 1. The molecule has 0 amide bonds. The van der Waals surface area contributed by atoms with Crippen LogP contribution in [0.5, 0.6) is 5.75 Å². The van der Waals surface area contributed by atoms with Gasteiger partial charge in [-0.05, 0) is 42.5 Å². The lowest BCUT2D eigenvalue weighted by molar-refractivity contribution is 0.132. The van der Waals surface area contributed by atoms with Gasteiger partial charge in [-0.1, -0.05) is 53.2 Å². The number of oxime groups is 1. The first-order chi connectivity index (χ1) is 14.7. The fraction of sp³-hybridized carbons (Fsp3) is 0.0833. The molecule has 30 heavy (non-hydrogen) atoms. The summed E-state index contributed by atoms with van der Waals surface area (Å²) in [6, 6.07) is 25.2. The number of methoxy groups -OCH3 is 1. The van der Waals surface area contributed by atoms with Crippen molar-refractivity contribution in [2.24, 2.45) is 5.16 Å². The van der Waals surface area contributed by atoms with Crippen LogP contribution in [0.15, 0.2) is 90.2 Å². The summed E-state index contributed by atoms with van der Waals surface area (Å²) in [5.41, 5.74) is 4.43. The Labute approximate surface area is 180 Å². The third-order valence-corrected chi connectivity index (χ3v) is 4.94. The molecule has 4 aromatic rings. The van der Waals surface area contributed by atoms with Crippen molar-refractivity contribution in [2.75, 3.05) is 7.11 Å². The monoisotopic (exact) mass is 417 g/mol. The molecule has 1 heterocycles. The van der Waals surface area contributed by atoms with Gasteiger partial charge in [0.25, 0.3) is 0 Å². The Bertz CT molecular complexity index is 1140. The second kappa shape index (κ2) is 9.29. The zero-order valence-electron chi connectivity index (χ0n) is 16.4. The number of para-hydroxylation sites is 1. The number of rotatable bonds is 7. The van der Waals surface area contributed by atoms with E-state index in [0.29, 0.717) is 11.6 Å². The van der Waals surface area contributed by atoms with Gasteiger partial charge in [0.15, 0.2) is 0 Å². The number of hydrogen-bond acceptors (Lipinski definition) is 4. The molecule has 5 nitrogen and oxygen atoms in total. The van der Waals surface area contributed by atoms with Gasteiger partial charge in [0.1, 0.15) is 18.1 Å². The normalized spacial score (nSPS) is 11.0. The Hall–Kier alpha value is -3.57. The van der Waals surface area contributed by atoms with Crippen LogP contribution in [0.2, 0.25) is 5.02 Å². The molecule has 1 aromatic heterocycles. The number of benzene rings is 3. The van der Waals surface area contributed by atoms with Crippen molar-refractivity contribution in [3.05, 3.63) is 101 Å². The van der Waals surface area contributed by atoms with Crippen molar-refractivity contribution in [1.29, 1.82) is 0 Å². The summed E-state index contributed by atoms with van der Waals surface area (Å²) in [4.78, 5) is 5.47. The van der Waals surface area contributed by atoms with Gasteiger partial charge in [0.2, 0.25) is 0 Å². The summed E-state index contributed by atoms with van der Waals surface area (Å²) >= 11 is 6.17. The summed E-state index contributed by atoms with van der Waals surface area (Å²) in [6.45, 7) is 0.293. The van der Waals surface area contributed by atoms with E-state index in [1.165, 1.54) is 0 Å². The largest absolute Gasteiger partial charge is 0.497 e. The lowest BCUT2D eigenvalue weighted by Gasteiger charge is -2.03. The highest BCUT2D eigenvalue weighted by atomic mass is 35.5. The zero-order valence-corrected chi connectivity index (χ0v) is 17.2. The van der Waals surface area contributed by atoms with E-state index in [4.69, 9.17) is 26.3 Å². The third kappa shape index (κ3) is 4.53. The molecule has 0 spiro atoms. The summed E-state index contributed by atoms with van der Waals surface area (Å²) < 4.78 is 7.09.